The first-order valence-corrected chi connectivity index (χ1v) is 9.07. The number of halogens is 1. The number of ether oxygens (including phenoxy) is 1. The van der Waals surface area contributed by atoms with E-state index in [0.29, 0.717) is 18.5 Å². The first-order chi connectivity index (χ1) is 14.1. The molecule has 2 N–H and O–H groups in total. The SMILES string of the molecule is O=C(COc1ccccc1C(=O)NCCc1cccnc1)Nc1ccccc1F. The molecule has 29 heavy (non-hydrogen) atoms. The standard InChI is InChI=1S/C22H20FN3O3/c23-18-8-2-3-9-19(18)26-21(27)15-29-20-10-4-1-7-17(20)22(28)25-13-11-16-6-5-12-24-14-16/h1-10,12,14H,11,13,15H2,(H,25,28)(H,26,27). The van der Waals surface area contributed by atoms with Gasteiger partial charge in [-0.1, -0.05) is 30.3 Å². The third-order valence-corrected chi connectivity index (χ3v) is 4.06. The van der Waals surface area contributed by atoms with Crippen LogP contribution >= 0.6 is 0 Å². The Balaban J connectivity index is 1.54. The van der Waals surface area contributed by atoms with E-state index in [1.807, 2.05) is 12.1 Å². The van der Waals surface area contributed by atoms with Crippen molar-refractivity contribution in [3.63, 3.8) is 0 Å². The van der Waals surface area contributed by atoms with Crippen LogP contribution in [0.15, 0.2) is 73.1 Å². The van der Waals surface area contributed by atoms with E-state index in [1.165, 1.54) is 18.2 Å². The smallest absolute Gasteiger partial charge is 0.262 e. The van der Waals surface area contributed by atoms with E-state index < -0.39 is 11.7 Å². The summed E-state index contributed by atoms with van der Waals surface area (Å²) in [6.07, 6.45) is 4.09. The van der Waals surface area contributed by atoms with Crippen molar-refractivity contribution in [1.29, 1.82) is 0 Å². The van der Waals surface area contributed by atoms with Crippen molar-refractivity contribution in [2.24, 2.45) is 0 Å². The van der Waals surface area contributed by atoms with Gasteiger partial charge >= 0.3 is 0 Å². The Morgan fingerprint density at radius 1 is 1.00 bits per heavy atom. The van der Waals surface area contributed by atoms with Gasteiger partial charge in [-0.2, -0.15) is 0 Å². The normalized spacial score (nSPS) is 10.2. The second-order valence-corrected chi connectivity index (χ2v) is 6.18. The lowest BCUT2D eigenvalue weighted by Gasteiger charge is -2.12. The Morgan fingerprint density at radius 2 is 1.79 bits per heavy atom. The fraction of sp³-hybridized carbons (Fsp3) is 0.136. The van der Waals surface area contributed by atoms with Gasteiger partial charge in [0.05, 0.1) is 11.3 Å². The van der Waals surface area contributed by atoms with Crippen LogP contribution in [0.5, 0.6) is 5.75 Å². The summed E-state index contributed by atoms with van der Waals surface area (Å²) in [6.45, 7) is 0.0843. The second-order valence-electron chi connectivity index (χ2n) is 6.18. The Morgan fingerprint density at radius 3 is 2.59 bits per heavy atom. The van der Waals surface area contributed by atoms with Gasteiger partial charge in [0, 0.05) is 18.9 Å². The van der Waals surface area contributed by atoms with E-state index in [-0.39, 0.29) is 24.0 Å². The van der Waals surface area contributed by atoms with Crippen LogP contribution < -0.4 is 15.4 Å². The molecule has 148 valence electrons. The summed E-state index contributed by atoms with van der Waals surface area (Å²) in [7, 11) is 0. The van der Waals surface area contributed by atoms with Crippen LogP contribution in [0.1, 0.15) is 15.9 Å². The van der Waals surface area contributed by atoms with Gasteiger partial charge in [-0.25, -0.2) is 4.39 Å². The second kappa shape index (κ2) is 9.98. The van der Waals surface area contributed by atoms with Gasteiger partial charge in [0.2, 0.25) is 0 Å². The Bertz CT molecular complexity index is 980. The minimum atomic E-state index is -0.533. The predicted molar refractivity (Wildman–Crippen MR) is 107 cm³/mol. The lowest BCUT2D eigenvalue weighted by atomic mass is 10.1. The number of aromatic nitrogens is 1. The fourth-order valence-corrected chi connectivity index (χ4v) is 2.63. The number of pyridine rings is 1. The molecule has 0 unspecified atom stereocenters. The van der Waals surface area contributed by atoms with E-state index in [4.69, 9.17) is 4.74 Å². The van der Waals surface area contributed by atoms with Crippen molar-refractivity contribution in [3.05, 3.63) is 90.0 Å². The Hall–Kier alpha value is -3.74. The third kappa shape index (κ3) is 5.87. The van der Waals surface area contributed by atoms with Crippen LogP contribution in [0.3, 0.4) is 0 Å². The summed E-state index contributed by atoms with van der Waals surface area (Å²) in [5.41, 5.74) is 1.40. The van der Waals surface area contributed by atoms with E-state index in [2.05, 4.69) is 15.6 Å². The molecule has 2 aromatic carbocycles. The third-order valence-electron chi connectivity index (χ3n) is 4.06. The average Bonchev–Trinajstić information content (AvgIpc) is 2.75. The zero-order valence-electron chi connectivity index (χ0n) is 15.6. The van der Waals surface area contributed by atoms with Crippen molar-refractivity contribution in [3.8, 4) is 5.75 Å². The number of carbonyl (C=O) groups is 2. The van der Waals surface area contributed by atoms with E-state index in [9.17, 15) is 14.0 Å². The summed E-state index contributed by atoms with van der Waals surface area (Å²) in [4.78, 5) is 28.6. The minimum Gasteiger partial charge on any atom is -0.483 e. The number of nitrogens with one attached hydrogen (secondary N) is 2. The molecule has 3 aromatic rings. The summed E-state index contributed by atoms with van der Waals surface area (Å²) >= 11 is 0. The summed E-state index contributed by atoms with van der Waals surface area (Å²) in [5.74, 6) is -1.09. The van der Waals surface area contributed by atoms with Crippen molar-refractivity contribution in [2.45, 2.75) is 6.42 Å². The van der Waals surface area contributed by atoms with Gasteiger partial charge in [0.15, 0.2) is 6.61 Å². The summed E-state index contributed by atoms with van der Waals surface area (Å²) < 4.78 is 19.1. The molecule has 0 spiro atoms. The zero-order chi connectivity index (χ0) is 20.5. The first kappa shape index (κ1) is 20.0. The van der Waals surface area contributed by atoms with Crippen LogP contribution in [0.4, 0.5) is 10.1 Å². The van der Waals surface area contributed by atoms with Crippen LogP contribution in [0.2, 0.25) is 0 Å². The van der Waals surface area contributed by atoms with Crippen molar-refractivity contribution in [1.82, 2.24) is 10.3 Å². The molecule has 0 atom stereocenters. The molecule has 0 aliphatic heterocycles. The van der Waals surface area contributed by atoms with Gasteiger partial charge in [0.1, 0.15) is 11.6 Å². The number of para-hydroxylation sites is 2. The molecule has 1 heterocycles. The highest BCUT2D eigenvalue weighted by Crippen LogP contribution is 2.18. The van der Waals surface area contributed by atoms with E-state index >= 15 is 0 Å². The Kier molecular flexibility index (Phi) is 6.89. The molecular formula is C22H20FN3O3. The van der Waals surface area contributed by atoms with Crippen molar-refractivity contribution in [2.75, 3.05) is 18.5 Å². The molecule has 3 rings (SSSR count). The maximum Gasteiger partial charge on any atom is 0.262 e. The highest BCUT2D eigenvalue weighted by Gasteiger charge is 2.13. The van der Waals surface area contributed by atoms with E-state index in [1.54, 1.807) is 42.7 Å². The molecule has 0 radical (unpaired) electrons. The molecule has 0 aliphatic carbocycles. The molecular weight excluding hydrogens is 373 g/mol. The molecule has 0 saturated carbocycles. The van der Waals surface area contributed by atoms with Crippen LogP contribution in [-0.2, 0) is 11.2 Å². The van der Waals surface area contributed by atoms with Gasteiger partial charge in [0.25, 0.3) is 11.8 Å². The average molecular weight is 393 g/mol. The predicted octanol–water partition coefficient (Wildman–Crippen LogP) is 3.21. The van der Waals surface area contributed by atoms with Gasteiger partial charge in [-0.05, 0) is 42.3 Å². The molecule has 0 bridgehead atoms. The highest BCUT2D eigenvalue weighted by atomic mass is 19.1. The maximum absolute atomic E-state index is 13.6. The molecule has 0 fully saturated rings. The number of hydrogen-bond donors (Lipinski definition) is 2. The van der Waals surface area contributed by atoms with Crippen molar-refractivity contribution < 1.29 is 18.7 Å². The zero-order valence-corrected chi connectivity index (χ0v) is 15.6. The number of hydrogen-bond acceptors (Lipinski definition) is 4. The number of amides is 2. The van der Waals surface area contributed by atoms with Crippen LogP contribution in [0.25, 0.3) is 0 Å². The number of rotatable bonds is 8. The summed E-state index contributed by atoms with van der Waals surface area (Å²) in [5, 5.41) is 5.26. The number of anilines is 1. The number of nitrogens with zero attached hydrogens (tertiary/aromatic N) is 1. The van der Waals surface area contributed by atoms with Crippen LogP contribution in [0, 0.1) is 5.82 Å². The molecule has 6 nitrogen and oxygen atoms in total. The first-order valence-electron chi connectivity index (χ1n) is 9.07. The lowest BCUT2D eigenvalue weighted by Crippen LogP contribution is -2.27. The number of benzene rings is 2. The van der Waals surface area contributed by atoms with Gasteiger partial charge < -0.3 is 15.4 Å². The lowest BCUT2D eigenvalue weighted by molar-refractivity contribution is -0.118. The Labute approximate surface area is 167 Å². The van der Waals surface area contributed by atoms with Gasteiger partial charge in [-0.3, -0.25) is 14.6 Å². The molecule has 7 heteroatoms. The fourth-order valence-electron chi connectivity index (χ4n) is 2.63. The minimum absolute atomic E-state index is 0.0718. The summed E-state index contributed by atoms with van der Waals surface area (Å²) in [6, 6.07) is 16.3. The monoisotopic (exact) mass is 393 g/mol. The van der Waals surface area contributed by atoms with Crippen molar-refractivity contribution >= 4 is 17.5 Å². The van der Waals surface area contributed by atoms with Crippen LogP contribution in [-0.4, -0.2) is 29.9 Å². The molecule has 2 amide bonds. The number of carbonyl (C=O) groups excluding carboxylic acids is 2. The quantitative estimate of drug-likeness (QED) is 0.616. The maximum atomic E-state index is 13.6. The largest absolute Gasteiger partial charge is 0.483 e. The van der Waals surface area contributed by atoms with Gasteiger partial charge in [-0.15, -0.1) is 0 Å². The topological polar surface area (TPSA) is 80.3 Å². The molecule has 0 aliphatic rings. The molecule has 1 aromatic heterocycles. The highest BCUT2D eigenvalue weighted by molar-refractivity contribution is 5.97. The molecule has 0 saturated heterocycles. The van der Waals surface area contributed by atoms with E-state index in [0.717, 1.165) is 5.56 Å².